The molecule has 1 aromatic heterocycles. The van der Waals surface area contributed by atoms with Crippen LogP contribution in [0, 0.1) is 11.3 Å². The van der Waals surface area contributed by atoms with Gasteiger partial charge >= 0.3 is 7.12 Å². The molecule has 1 atom stereocenters. The lowest BCUT2D eigenvalue weighted by Crippen LogP contribution is -2.26. The van der Waals surface area contributed by atoms with Crippen molar-refractivity contribution in [3.8, 4) is 11.8 Å². The van der Waals surface area contributed by atoms with Crippen LogP contribution in [0.15, 0.2) is 18.2 Å². The van der Waals surface area contributed by atoms with Gasteiger partial charge in [-0.3, -0.25) is 0 Å². The van der Waals surface area contributed by atoms with Crippen LogP contribution in [0.1, 0.15) is 12.5 Å². The lowest BCUT2D eigenvalue weighted by Gasteiger charge is -2.11. The van der Waals surface area contributed by atoms with Gasteiger partial charge < -0.3 is 19.5 Å². The van der Waals surface area contributed by atoms with Crippen LogP contribution in [0.2, 0.25) is 0 Å². The van der Waals surface area contributed by atoms with Crippen LogP contribution in [0.25, 0.3) is 10.1 Å². The van der Waals surface area contributed by atoms with E-state index >= 15 is 0 Å². The van der Waals surface area contributed by atoms with Crippen molar-refractivity contribution in [1.29, 1.82) is 5.26 Å². The van der Waals surface area contributed by atoms with E-state index in [2.05, 4.69) is 6.07 Å². The van der Waals surface area contributed by atoms with E-state index in [-0.39, 0.29) is 6.10 Å². The van der Waals surface area contributed by atoms with Gasteiger partial charge in [-0.2, -0.15) is 5.26 Å². The summed E-state index contributed by atoms with van der Waals surface area (Å²) in [5.41, 5.74) is 0.458. The molecule has 104 valence electrons. The van der Waals surface area contributed by atoms with E-state index < -0.39 is 7.12 Å². The number of benzene rings is 1. The fourth-order valence-electron chi connectivity index (χ4n) is 1.72. The van der Waals surface area contributed by atoms with Crippen LogP contribution in [-0.2, 0) is 4.74 Å². The maximum atomic E-state index is 9.20. The first-order valence-corrected chi connectivity index (χ1v) is 6.86. The zero-order chi connectivity index (χ0) is 14.7. The zero-order valence-corrected chi connectivity index (χ0v) is 12.0. The fourth-order valence-corrected chi connectivity index (χ4v) is 2.70. The highest BCUT2D eigenvalue weighted by molar-refractivity contribution is 7.28. The second-order valence-corrected chi connectivity index (χ2v) is 5.46. The zero-order valence-electron chi connectivity index (χ0n) is 11.2. The molecule has 2 rings (SSSR count). The highest BCUT2D eigenvalue weighted by Gasteiger charge is 2.17. The Morgan fingerprint density at radius 3 is 2.75 bits per heavy atom. The molecule has 0 aliphatic carbocycles. The van der Waals surface area contributed by atoms with Gasteiger partial charge in [-0.1, -0.05) is 0 Å². The van der Waals surface area contributed by atoms with E-state index in [0.29, 0.717) is 22.7 Å². The minimum Gasteiger partial charge on any atom is -0.491 e. The molecule has 0 aliphatic rings. The number of fused-ring (bicyclic) bond motifs is 1. The Kier molecular flexibility index (Phi) is 4.63. The van der Waals surface area contributed by atoms with Gasteiger partial charge in [0.15, 0.2) is 0 Å². The topological polar surface area (TPSA) is 82.7 Å². The first-order valence-electron chi connectivity index (χ1n) is 6.04. The first-order chi connectivity index (χ1) is 9.55. The standard InChI is InChI=1S/C13H14BNO4S/c1-8(18-2)7-19-11-3-9-5-12(14(16)17)20-13(9)10(4-11)6-15/h3-5,8,16-17H,7H2,1-2H3. The van der Waals surface area contributed by atoms with Gasteiger partial charge in [0, 0.05) is 11.9 Å². The van der Waals surface area contributed by atoms with Crippen LogP contribution in [0.3, 0.4) is 0 Å². The summed E-state index contributed by atoms with van der Waals surface area (Å²) in [5, 5.41) is 28.3. The Bertz CT molecular complexity index is 650. The molecule has 5 nitrogen and oxygen atoms in total. The number of methoxy groups -OCH3 is 1. The number of rotatable bonds is 5. The number of hydrogen-bond acceptors (Lipinski definition) is 6. The lowest BCUT2D eigenvalue weighted by molar-refractivity contribution is 0.0717. The van der Waals surface area contributed by atoms with Crippen LogP contribution in [-0.4, -0.2) is 37.0 Å². The molecular formula is C13H14BNO4S. The normalized spacial score (nSPS) is 12.2. The van der Waals surface area contributed by atoms with Crippen molar-refractivity contribution in [3.05, 3.63) is 23.8 Å². The second-order valence-electron chi connectivity index (χ2n) is 4.38. The molecule has 7 heteroatoms. The third-order valence-electron chi connectivity index (χ3n) is 2.87. The molecular weight excluding hydrogens is 277 g/mol. The maximum Gasteiger partial charge on any atom is 0.499 e. The molecule has 1 heterocycles. The largest absolute Gasteiger partial charge is 0.499 e. The smallest absolute Gasteiger partial charge is 0.491 e. The van der Waals surface area contributed by atoms with Crippen molar-refractivity contribution >= 4 is 33.3 Å². The number of hydrogen-bond donors (Lipinski definition) is 2. The first kappa shape index (κ1) is 14.8. The summed E-state index contributed by atoms with van der Waals surface area (Å²) >= 11 is 1.19. The van der Waals surface area contributed by atoms with Gasteiger partial charge in [-0.25, -0.2) is 0 Å². The Morgan fingerprint density at radius 1 is 1.40 bits per heavy atom. The fraction of sp³-hybridized carbons (Fsp3) is 0.308. The number of nitrogens with zero attached hydrogens (tertiary/aromatic N) is 1. The molecule has 1 unspecified atom stereocenters. The highest BCUT2D eigenvalue weighted by atomic mass is 32.1. The van der Waals surface area contributed by atoms with Gasteiger partial charge in [0.25, 0.3) is 0 Å². The molecule has 0 fully saturated rings. The monoisotopic (exact) mass is 291 g/mol. The van der Waals surface area contributed by atoms with Gasteiger partial charge in [-0.05, 0) is 30.5 Å². The quantitative estimate of drug-likeness (QED) is 0.799. The van der Waals surface area contributed by atoms with Crippen LogP contribution in [0.5, 0.6) is 5.75 Å². The summed E-state index contributed by atoms with van der Waals surface area (Å²) in [6, 6.07) is 7.18. The molecule has 0 saturated heterocycles. The second kappa shape index (κ2) is 6.24. The summed E-state index contributed by atoms with van der Waals surface area (Å²) in [7, 11) is 0.0722. The molecule has 0 saturated carbocycles. The van der Waals surface area contributed by atoms with Crippen LogP contribution >= 0.6 is 11.3 Å². The van der Waals surface area contributed by atoms with Gasteiger partial charge in [0.05, 0.1) is 16.4 Å². The molecule has 0 bridgehead atoms. The third-order valence-corrected chi connectivity index (χ3v) is 4.09. The third kappa shape index (κ3) is 3.11. The molecule has 20 heavy (non-hydrogen) atoms. The van der Waals surface area contributed by atoms with Gasteiger partial charge in [-0.15, -0.1) is 11.3 Å². The van der Waals surface area contributed by atoms with E-state index in [1.165, 1.54) is 11.3 Å². The highest BCUT2D eigenvalue weighted by Crippen LogP contribution is 2.28. The molecule has 0 aliphatic heterocycles. The Labute approximate surface area is 121 Å². The van der Waals surface area contributed by atoms with Crippen LogP contribution in [0.4, 0.5) is 0 Å². The summed E-state index contributed by atoms with van der Waals surface area (Å²) in [6.07, 6.45) is -0.0477. The molecule has 2 aromatic rings. The van der Waals surface area contributed by atoms with E-state index in [4.69, 9.17) is 9.47 Å². The van der Waals surface area contributed by atoms with Crippen molar-refractivity contribution < 1.29 is 19.5 Å². The number of thiophene rings is 1. The van der Waals surface area contributed by atoms with E-state index in [0.717, 1.165) is 10.1 Å². The van der Waals surface area contributed by atoms with Crippen molar-refractivity contribution in [2.24, 2.45) is 0 Å². The average Bonchev–Trinajstić information content (AvgIpc) is 2.87. The molecule has 0 spiro atoms. The van der Waals surface area contributed by atoms with Crippen molar-refractivity contribution in [2.75, 3.05) is 13.7 Å². The minimum absolute atomic E-state index is 0.0477. The Balaban J connectivity index is 2.36. The SMILES string of the molecule is COC(C)COc1cc(C#N)c2sc(B(O)O)cc2c1. The number of nitriles is 1. The Hall–Kier alpha value is -1.59. The van der Waals surface area contributed by atoms with E-state index in [1.54, 1.807) is 25.3 Å². The van der Waals surface area contributed by atoms with Gasteiger partial charge in [0.1, 0.15) is 18.4 Å². The summed E-state index contributed by atoms with van der Waals surface area (Å²) < 4.78 is 11.8. The molecule has 1 aromatic carbocycles. The maximum absolute atomic E-state index is 9.20. The predicted molar refractivity (Wildman–Crippen MR) is 78.3 cm³/mol. The number of ether oxygens (including phenoxy) is 2. The van der Waals surface area contributed by atoms with Gasteiger partial charge in [0.2, 0.25) is 0 Å². The minimum atomic E-state index is -1.53. The molecule has 2 N–H and O–H groups in total. The summed E-state index contributed by atoms with van der Waals surface area (Å²) in [5.74, 6) is 0.565. The summed E-state index contributed by atoms with van der Waals surface area (Å²) in [4.78, 5) is 0. The van der Waals surface area contributed by atoms with E-state index in [1.807, 2.05) is 6.92 Å². The van der Waals surface area contributed by atoms with Crippen molar-refractivity contribution in [2.45, 2.75) is 13.0 Å². The summed E-state index contributed by atoms with van der Waals surface area (Å²) in [6.45, 7) is 2.26. The van der Waals surface area contributed by atoms with Crippen molar-refractivity contribution in [3.63, 3.8) is 0 Å². The lowest BCUT2D eigenvalue weighted by atomic mass is 9.89. The van der Waals surface area contributed by atoms with Crippen molar-refractivity contribution in [1.82, 2.24) is 0 Å². The van der Waals surface area contributed by atoms with E-state index in [9.17, 15) is 15.3 Å². The molecule has 0 radical (unpaired) electrons. The predicted octanol–water partition coefficient (Wildman–Crippen LogP) is 0.866. The van der Waals surface area contributed by atoms with Crippen LogP contribution < -0.4 is 9.51 Å². The molecule has 0 amide bonds. The average molecular weight is 291 g/mol. The Morgan fingerprint density at radius 2 is 2.15 bits per heavy atom.